The van der Waals surface area contributed by atoms with E-state index in [0.29, 0.717) is 36.8 Å². The second-order valence-electron chi connectivity index (χ2n) is 14.5. The first kappa shape index (κ1) is 28.9. The van der Waals surface area contributed by atoms with Gasteiger partial charge in [0.25, 0.3) is 0 Å². The van der Waals surface area contributed by atoms with Crippen molar-refractivity contribution >= 4 is 0 Å². The summed E-state index contributed by atoms with van der Waals surface area (Å²) in [5, 5.41) is 8.89. The van der Waals surface area contributed by atoms with E-state index in [1.807, 2.05) is 0 Å². The number of aliphatic hydroxyl groups is 1. The molecule has 0 radical (unpaired) electrons. The Bertz CT molecular complexity index is 678. The monoisotopic (exact) mass is 504 g/mol. The highest BCUT2D eigenvalue weighted by Crippen LogP contribution is 2.68. The van der Waals surface area contributed by atoms with Gasteiger partial charge in [-0.3, -0.25) is 0 Å². The first-order chi connectivity index (χ1) is 17.2. The van der Waals surface area contributed by atoms with Crippen LogP contribution in [0, 0.1) is 58.2 Å². The van der Waals surface area contributed by atoms with Gasteiger partial charge in [0.05, 0.1) is 32.5 Å². The van der Waals surface area contributed by atoms with Crippen LogP contribution in [0.1, 0.15) is 119 Å². The molecule has 3 nitrogen and oxygen atoms in total. The van der Waals surface area contributed by atoms with Crippen LogP contribution in [0.4, 0.5) is 0 Å². The lowest BCUT2D eigenvalue weighted by Gasteiger charge is -2.61. The molecule has 0 bridgehead atoms. The molecule has 0 aliphatic heterocycles. The predicted octanol–water partition coefficient (Wildman–Crippen LogP) is 8.14. The molecule has 0 saturated heterocycles. The molecule has 4 aliphatic carbocycles. The maximum atomic E-state index is 8.89. The van der Waals surface area contributed by atoms with E-state index in [4.69, 9.17) is 14.6 Å². The van der Waals surface area contributed by atoms with Gasteiger partial charge in [-0.05, 0) is 122 Å². The first-order valence-corrected chi connectivity index (χ1v) is 16.0. The highest BCUT2D eigenvalue weighted by Gasteiger charge is 2.60. The zero-order valence-electron chi connectivity index (χ0n) is 24.8. The molecule has 0 spiro atoms. The summed E-state index contributed by atoms with van der Waals surface area (Å²) < 4.78 is 11.7. The molecule has 0 aromatic heterocycles. The summed E-state index contributed by atoms with van der Waals surface area (Å²) in [5.41, 5.74) is 1.13. The van der Waals surface area contributed by atoms with Crippen LogP contribution in [-0.4, -0.2) is 37.6 Å². The molecule has 4 aliphatic rings. The molecule has 4 fully saturated rings. The fourth-order valence-electron chi connectivity index (χ4n) is 10.5. The van der Waals surface area contributed by atoms with Crippen LogP contribution in [0.3, 0.4) is 0 Å². The highest BCUT2D eigenvalue weighted by molar-refractivity contribution is 5.09. The summed E-state index contributed by atoms with van der Waals surface area (Å²) in [7, 11) is 0. The Morgan fingerprint density at radius 1 is 0.833 bits per heavy atom. The number of fused-ring (bicyclic) bond motifs is 5. The molecule has 210 valence electrons. The van der Waals surface area contributed by atoms with E-state index < -0.39 is 0 Å². The zero-order chi connectivity index (χ0) is 25.9. The summed E-state index contributed by atoms with van der Waals surface area (Å²) in [4.78, 5) is 0. The second kappa shape index (κ2) is 12.4. The zero-order valence-corrected chi connectivity index (χ0v) is 24.8. The maximum absolute atomic E-state index is 8.89. The molecular formula is C33H60O3. The van der Waals surface area contributed by atoms with Crippen molar-refractivity contribution < 1.29 is 14.6 Å². The largest absolute Gasteiger partial charge is 0.394 e. The van der Waals surface area contributed by atoms with Crippen LogP contribution in [0.25, 0.3) is 0 Å². The van der Waals surface area contributed by atoms with Crippen LogP contribution < -0.4 is 0 Å². The Kier molecular flexibility index (Phi) is 9.93. The van der Waals surface area contributed by atoms with Crippen molar-refractivity contribution in [1.82, 2.24) is 0 Å². The molecule has 3 heteroatoms. The summed E-state index contributed by atoms with van der Waals surface area (Å²) >= 11 is 0. The van der Waals surface area contributed by atoms with Gasteiger partial charge in [0.2, 0.25) is 0 Å². The Labute approximate surface area is 223 Å². The lowest BCUT2D eigenvalue weighted by molar-refractivity contribution is -0.139. The fourth-order valence-corrected chi connectivity index (χ4v) is 10.5. The normalized spacial score (nSPS) is 42.0. The van der Waals surface area contributed by atoms with E-state index in [2.05, 4.69) is 41.5 Å². The van der Waals surface area contributed by atoms with E-state index in [1.54, 1.807) is 0 Å². The van der Waals surface area contributed by atoms with Gasteiger partial charge in [-0.2, -0.15) is 0 Å². The topological polar surface area (TPSA) is 38.7 Å². The number of hydrogen-bond donors (Lipinski definition) is 1. The number of hydrogen-bond acceptors (Lipinski definition) is 3. The Hall–Kier alpha value is -0.120. The Morgan fingerprint density at radius 2 is 1.58 bits per heavy atom. The third-order valence-electron chi connectivity index (χ3n) is 12.7. The third kappa shape index (κ3) is 5.74. The average molecular weight is 505 g/mol. The standard InChI is InChI=1S/C33H60O3/c1-7-25(23(2)3)9-8-24(4)29-12-13-30-28-11-10-26-22-27(36-21-20-35-19-18-34)14-16-32(26,5)31(28)15-17-33(29,30)6/h23-31,34H,7-22H2,1-6H3/t24-,25-,26+,27+,28+,29-,30+,31+,32+,33-/m1/s1. The van der Waals surface area contributed by atoms with E-state index >= 15 is 0 Å². The minimum absolute atomic E-state index is 0.101. The van der Waals surface area contributed by atoms with Gasteiger partial charge in [0, 0.05) is 0 Å². The van der Waals surface area contributed by atoms with Crippen molar-refractivity contribution in [3.8, 4) is 0 Å². The highest BCUT2D eigenvalue weighted by atomic mass is 16.5. The molecule has 0 unspecified atom stereocenters. The summed E-state index contributed by atoms with van der Waals surface area (Å²) in [6, 6.07) is 0. The number of ether oxygens (including phenoxy) is 2. The van der Waals surface area contributed by atoms with Gasteiger partial charge in [-0.1, -0.05) is 54.4 Å². The summed E-state index contributed by atoms with van der Waals surface area (Å²) in [5.74, 6) is 7.34. The van der Waals surface area contributed by atoms with Crippen LogP contribution in [-0.2, 0) is 9.47 Å². The van der Waals surface area contributed by atoms with Gasteiger partial charge in [-0.25, -0.2) is 0 Å². The van der Waals surface area contributed by atoms with Gasteiger partial charge in [-0.15, -0.1) is 0 Å². The minimum atomic E-state index is 0.101. The van der Waals surface area contributed by atoms with Crippen molar-refractivity contribution in [2.45, 2.75) is 125 Å². The van der Waals surface area contributed by atoms with Crippen molar-refractivity contribution in [3.05, 3.63) is 0 Å². The molecule has 4 rings (SSSR count). The molecular weight excluding hydrogens is 444 g/mol. The molecule has 0 heterocycles. The molecule has 1 N–H and O–H groups in total. The first-order valence-electron chi connectivity index (χ1n) is 16.0. The number of aliphatic hydroxyl groups excluding tert-OH is 1. The Morgan fingerprint density at radius 3 is 2.31 bits per heavy atom. The van der Waals surface area contributed by atoms with Crippen molar-refractivity contribution in [3.63, 3.8) is 0 Å². The lowest BCUT2D eigenvalue weighted by Crippen LogP contribution is -2.54. The third-order valence-corrected chi connectivity index (χ3v) is 12.7. The molecule has 36 heavy (non-hydrogen) atoms. The van der Waals surface area contributed by atoms with Crippen molar-refractivity contribution in [2.24, 2.45) is 58.2 Å². The predicted molar refractivity (Wildman–Crippen MR) is 150 cm³/mol. The summed E-state index contributed by atoms with van der Waals surface area (Å²) in [6.07, 6.45) is 17.4. The van der Waals surface area contributed by atoms with Crippen molar-refractivity contribution in [1.29, 1.82) is 0 Å². The fraction of sp³-hybridized carbons (Fsp3) is 1.00. The summed E-state index contributed by atoms with van der Waals surface area (Å²) in [6.45, 7) is 17.1. The molecule has 4 saturated carbocycles. The minimum Gasteiger partial charge on any atom is -0.394 e. The van der Waals surface area contributed by atoms with E-state index in [0.717, 1.165) is 47.3 Å². The van der Waals surface area contributed by atoms with Gasteiger partial charge >= 0.3 is 0 Å². The lowest BCUT2D eigenvalue weighted by atomic mass is 9.44. The van der Waals surface area contributed by atoms with Crippen LogP contribution in [0.5, 0.6) is 0 Å². The average Bonchev–Trinajstić information content (AvgIpc) is 3.21. The SMILES string of the molecule is CC[C@H](CC[C@@H](C)[C@H]1CC[C@H]2[C@@H]3CC[C@H]4C[C@@H](OCCOCCO)CC[C@]4(C)[C@H]3CC[C@]12C)C(C)C. The van der Waals surface area contributed by atoms with Crippen LogP contribution in [0.2, 0.25) is 0 Å². The van der Waals surface area contributed by atoms with Gasteiger partial charge in [0.1, 0.15) is 0 Å². The second-order valence-corrected chi connectivity index (χ2v) is 14.5. The van der Waals surface area contributed by atoms with Crippen LogP contribution in [0.15, 0.2) is 0 Å². The molecule has 10 atom stereocenters. The van der Waals surface area contributed by atoms with Crippen molar-refractivity contribution in [2.75, 3.05) is 26.4 Å². The molecule has 0 aromatic rings. The van der Waals surface area contributed by atoms with Crippen LogP contribution >= 0.6 is 0 Å². The van der Waals surface area contributed by atoms with E-state index in [-0.39, 0.29) is 6.61 Å². The molecule has 0 amide bonds. The molecule has 0 aromatic carbocycles. The number of rotatable bonds is 12. The maximum Gasteiger partial charge on any atom is 0.0704 e. The van der Waals surface area contributed by atoms with E-state index in [1.165, 1.54) is 77.0 Å². The Balaban J connectivity index is 1.34. The smallest absolute Gasteiger partial charge is 0.0704 e. The quantitative estimate of drug-likeness (QED) is 0.273. The van der Waals surface area contributed by atoms with Gasteiger partial charge < -0.3 is 14.6 Å². The van der Waals surface area contributed by atoms with E-state index in [9.17, 15) is 0 Å². The van der Waals surface area contributed by atoms with Gasteiger partial charge in [0.15, 0.2) is 0 Å².